The molecule has 0 radical (unpaired) electrons. The monoisotopic (exact) mass is 394 g/mol. The maximum Gasteiger partial charge on any atom is 0.241 e. The molecule has 21 heavy (non-hydrogen) atoms. The van der Waals surface area contributed by atoms with E-state index in [0.717, 1.165) is 18.4 Å². The predicted octanol–water partition coefficient (Wildman–Crippen LogP) is 3.11. The van der Waals surface area contributed by atoms with E-state index in [1.807, 2.05) is 12.3 Å². The third kappa shape index (κ3) is 4.69. The van der Waals surface area contributed by atoms with E-state index < -0.39 is 10.0 Å². The summed E-state index contributed by atoms with van der Waals surface area (Å²) in [7, 11) is -3.55. The molecule has 4 nitrogen and oxygen atoms in total. The first-order valence-electron chi connectivity index (χ1n) is 6.87. The fourth-order valence-electron chi connectivity index (χ4n) is 2.05. The van der Waals surface area contributed by atoms with Crippen molar-refractivity contribution < 1.29 is 8.42 Å². The molecule has 0 amide bonds. The number of thioether (sulfide) groups is 1. The van der Waals surface area contributed by atoms with E-state index in [9.17, 15) is 8.42 Å². The highest BCUT2D eigenvalue weighted by atomic mass is 79.9. The number of benzene rings is 1. The van der Waals surface area contributed by atoms with E-state index in [1.54, 1.807) is 23.9 Å². The Morgan fingerprint density at radius 3 is 2.43 bits per heavy atom. The molecule has 0 aliphatic carbocycles. The molecule has 0 aliphatic heterocycles. The van der Waals surface area contributed by atoms with Gasteiger partial charge in [-0.25, -0.2) is 13.1 Å². The number of hydrogen-bond donors (Lipinski definition) is 2. The molecule has 0 aromatic heterocycles. The summed E-state index contributed by atoms with van der Waals surface area (Å²) in [5.41, 5.74) is 6.38. The minimum Gasteiger partial charge on any atom is -0.326 e. The van der Waals surface area contributed by atoms with Gasteiger partial charge in [0.15, 0.2) is 0 Å². The standard InChI is InChI=1S/C14H23BrN2O2S2/c1-4-14(5-2,20-3)10-17-21(18,19)13-8-11(9-16)6-7-12(13)15/h6-8,17H,4-5,9-10,16H2,1-3H3. The van der Waals surface area contributed by atoms with Crippen LogP contribution in [0.5, 0.6) is 0 Å². The average Bonchev–Trinajstić information content (AvgIpc) is 2.49. The van der Waals surface area contributed by atoms with Gasteiger partial charge in [0.05, 0.1) is 4.90 Å². The Balaban J connectivity index is 3.02. The van der Waals surface area contributed by atoms with Gasteiger partial charge in [-0.1, -0.05) is 19.9 Å². The predicted molar refractivity (Wildman–Crippen MR) is 94.0 cm³/mol. The van der Waals surface area contributed by atoms with Gasteiger partial charge in [-0.3, -0.25) is 0 Å². The number of nitrogens with one attached hydrogen (secondary N) is 1. The molecule has 0 aliphatic rings. The molecular weight excluding hydrogens is 372 g/mol. The van der Waals surface area contributed by atoms with Crippen molar-refractivity contribution >= 4 is 37.7 Å². The Labute approximate surface area is 140 Å². The third-order valence-electron chi connectivity index (χ3n) is 3.83. The van der Waals surface area contributed by atoms with E-state index in [2.05, 4.69) is 34.5 Å². The number of sulfonamides is 1. The van der Waals surface area contributed by atoms with Crippen LogP contribution in [0, 0.1) is 0 Å². The van der Waals surface area contributed by atoms with Gasteiger partial charge >= 0.3 is 0 Å². The van der Waals surface area contributed by atoms with E-state index in [-0.39, 0.29) is 9.64 Å². The lowest BCUT2D eigenvalue weighted by atomic mass is 10.0. The lowest BCUT2D eigenvalue weighted by Crippen LogP contribution is -2.39. The second kappa shape index (κ2) is 7.97. The maximum atomic E-state index is 12.5. The molecule has 0 fully saturated rings. The average molecular weight is 395 g/mol. The highest BCUT2D eigenvalue weighted by Gasteiger charge is 2.28. The Bertz CT molecular complexity index is 564. The second-order valence-electron chi connectivity index (χ2n) is 4.89. The quantitative estimate of drug-likeness (QED) is 0.710. The van der Waals surface area contributed by atoms with Gasteiger partial charge in [0, 0.05) is 22.3 Å². The van der Waals surface area contributed by atoms with Crippen molar-refractivity contribution in [2.24, 2.45) is 5.73 Å². The summed E-state index contributed by atoms with van der Waals surface area (Å²) in [4.78, 5) is 0.243. The van der Waals surface area contributed by atoms with Crippen LogP contribution in [0.4, 0.5) is 0 Å². The fraction of sp³-hybridized carbons (Fsp3) is 0.571. The summed E-state index contributed by atoms with van der Waals surface area (Å²) in [5, 5.41) is 0. The van der Waals surface area contributed by atoms with Gasteiger partial charge in [-0.2, -0.15) is 11.8 Å². The Hall–Kier alpha value is -0.0800. The SMILES string of the molecule is CCC(CC)(CNS(=O)(=O)c1cc(CN)ccc1Br)SC. The summed E-state index contributed by atoms with van der Waals surface area (Å²) < 4.78 is 28.3. The molecule has 1 rings (SSSR count). The van der Waals surface area contributed by atoms with Gasteiger partial charge in [0.2, 0.25) is 10.0 Å². The van der Waals surface area contributed by atoms with Crippen molar-refractivity contribution in [3.63, 3.8) is 0 Å². The minimum atomic E-state index is -3.55. The topological polar surface area (TPSA) is 72.2 Å². The molecule has 1 aromatic carbocycles. The number of nitrogens with two attached hydrogens (primary N) is 1. The fourth-order valence-corrected chi connectivity index (χ4v) is 5.07. The largest absolute Gasteiger partial charge is 0.326 e. The first kappa shape index (κ1) is 19.0. The van der Waals surface area contributed by atoms with E-state index >= 15 is 0 Å². The van der Waals surface area contributed by atoms with Crippen LogP contribution in [0.2, 0.25) is 0 Å². The van der Waals surface area contributed by atoms with E-state index in [4.69, 9.17) is 5.73 Å². The lowest BCUT2D eigenvalue weighted by Gasteiger charge is -2.29. The molecule has 7 heteroatoms. The van der Waals surface area contributed by atoms with Gasteiger partial charge in [0.25, 0.3) is 0 Å². The van der Waals surface area contributed by atoms with Crippen LogP contribution in [-0.4, -0.2) is 26.0 Å². The third-order valence-corrected chi connectivity index (χ3v) is 7.81. The van der Waals surface area contributed by atoms with E-state index in [0.29, 0.717) is 17.6 Å². The zero-order valence-electron chi connectivity index (χ0n) is 12.6. The highest BCUT2D eigenvalue weighted by Crippen LogP contribution is 2.30. The highest BCUT2D eigenvalue weighted by molar-refractivity contribution is 9.10. The molecule has 0 atom stereocenters. The second-order valence-corrected chi connectivity index (χ2v) is 8.75. The summed E-state index contributed by atoms with van der Waals surface area (Å²) >= 11 is 5.01. The van der Waals surface area contributed by atoms with Crippen molar-refractivity contribution in [3.8, 4) is 0 Å². The van der Waals surface area contributed by atoms with Gasteiger partial charge < -0.3 is 5.73 Å². The molecule has 0 heterocycles. The molecule has 0 unspecified atom stereocenters. The molecule has 1 aromatic rings. The van der Waals surface area contributed by atoms with Crippen LogP contribution in [0.25, 0.3) is 0 Å². The first-order chi connectivity index (χ1) is 9.84. The zero-order chi connectivity index (χ0) is 16.1. The molecule has 0 bridgehead atoms. The molecule has 0 saturated carbocycles. The van der Waals surface area contributed by atoms with Gasteiger partial charge in [-0.05, 0) is 52.7 Å². The smallest absolute Gasteiger partial charge is 0.241 e. The molecular formula is C14H23BrN2O2S2. The van der Waals surface area contributed by atoms with Crippen LogP contribution in [0.3, 0.4) is 0 Å². The summed E-state index contributed by atoms with van der Waals surface area (Å²) in [6.45, 7) is 4.90. The van der Waals surface area contributed by atoms with Gasteiger partial charge in [0.1, 0.15) is 0 Å². The van der Waals surface area contributed by atoms with Crippen molar-refractivity contribution in [2.75, 3.05) is 12.8 Å². The molecule has 120 valence electrons. The van der Waals surface area contributed by atoms with Crippen LogP contribution in [0.15, 0.2) is 27.6 Å². The maximum absolute atomic E-state index is 12.5. The van der Waals surface area contributed by atoms with Crippen molar-refractivity contribution in [2.45, 2.75) is 42.9 Å². The van der Waals surface area contributed by atoms with Crippen LogP contribution in [0.1, 0.15) is 32.3 Å². The first-order valence-corrected chi connectivity index (χ1v) is 10.4. The number of rotatable bonds is 8. The van der Waals surface area contributed by atoms with Crippen molar-refractivity contribution in [1.82, 2.24) is 4.72 Å². The Morgan fingerprint density at radius 2 is 1.95 bits per heavy atom. The summed E-state index contributed by atoms with van der Waals surface area (Å²) in [5.74, 6) is 0. The van der Waals surface area contributed by atoms with Crippen LogP contribution >= 0.6 is 27.7 Å². The van der Waals surface area contributed by atoms with E-state index in [1.165, 1.54) is 0 Å². The van der Waals surface area contributed by atoms with Crippen molar-refractivity contribution in [3.05, 3.63) is 28.2 Å². The summed E-state index contributed by atoms with van der Waals surface area (Å²) in [6.07, 6.45) is 3.85. The zero-order valence-corrected chi connectivity index (χ0v) is 15.9. The van der Waals surface area contributed by atoms with Crippen LogP contribution in [-0.2, 0) is 16.6 Å². The number of halogens is 1. The Kier molecular flexibility index (Phi) is 7.19. The molecule has 0 spiro atoms. The molecule has 0 saturated heterocycles. The van der Waals surface area contributed by atoms with Crippen LogP contribution < -0.4 is 10.5 Å². The normalized spacial score (nSPS) is 12.6. The Morgan fingerprint density at radius 1 is 1.33 bits per heavy atom. The van der Waals surface area contributed by atoms with Gasteiger partial charge in [-0.15, -0.1) is 0 Å². The lowest BCUT2D eigenvalue weighted by molar-refractivity contribution is 0.522. The molecule has 3 N–H and O–H groups in total. The van der Waals surface area contributed by atoms with Crippen molar-refractivity contribution in [1.29, 1.82) is 0 Å². The number of hydrogen-bond acceptors (Lipinski definition) is 4. The minimum absolute atomic E-state index is 0.0645. The summed E-state index contributed by atoms with van der Waals surface area (Å²) in [6, 6.07) is 5.15.